The van der Waals surface area contributed by atoms with Gasteiger partial charge >= 0.3 is 6.18 Å². The van der Waals surface area contributed by atoms with E-state index in [-0.39, 0.29) is 6.04 Å². The molecule has 0 spiro atoms. The highest BCUT2D eigenvalue weighted by Gasteiger charge is 2.30. The number of rotatable bonds is 5. The van der Waals surface area contributed by atoms with Crippen molar-refractivity contribution in [3.8, 4) is 0 Å². The molecule has 0 amide bonds. The molecule has 0 aliphatic heterocycles. The van der Waals surface area contributed by atoms with Crippen molar-refractivity contribution >= 4 is 0 Å². The van der Waals surface area contributed by atoms with Gasteiger partial charge in [-0.1, -0.05) is 18.2 Å². The smallest absolute Gasteiger partial charge is 0.327 e. The van der Waals surface area contributed by atoms with E-state index >= 15 is 0 Å². The van der Waals surface area contributed by atoms with E-state index in [1.54, 1.807) is 16.9 Å². The number of hydrogen-bond donors (Lipinski definition) is 1. The van der Waals surface area contributed by atoms with E-state index in [1.165, 1.54) is 12.1 Å². The fourth-order valence-corrected chi connectivity index (χ4v) is 2.23. The van der Waals surface area contributed by atoms with Gasteiger partial charge in [0, 0.05) is 19.3 Å². The number of nitrogens with two attached hydrogens (primary N) is 1. The first-order chi connectivity index (χ1) is 9.84. The summed E-state index contributed by atoms with van der Waals surface area (Å²) in [6.45, 7) is 0. The number of nitrogens with zero attached hydrogens (tertiary/aromatic N) is 2. The molecule has 6 heteroatoms. The summed E-state index contributed by atoms with van der Waals surface area (Å²) in [6.07, 6.45) is 1.30. The summed E-state index contributed by atoms with van der Waals surface area (Å²) in [5, 5.41) is 4.07. The SMILES string of the molecule is Cn1cc(CCC(N)Cc2cccc(C(F)(F)F)c2)cn1. The first-order valence-electron chi connectivity index (χ1n) is 6.74. The van der Waals surface area contributed by atoms with E-state index in [4.69, 9.17) is 5.73 Å². The van der Waals surface area contributed by atoms with Crippen LogP contribution >= 0.6 is 0 Å². The lowest BCUT2D eigenvalue weighted by Crippen LogP contribution is -2.23. The Labute approximate surface area is 121 Å². The van der Waals surface area contributed by atoms with Crippen LogP contribution in [0.4, 0.5) is 13.2 Å². The van der Waals surface area contributed by atoms with Crippen molar-refractivity contribution in [1.82, 2.24) is 9.78 Å². The normalized spacial score (nSPS) is 13.4. The molecule has 0 saturated carbocycles. The van der Waals surface area contributed by atoms with Crippen LogP contribution in [0.25, 0.3) is 0 Å². The zero-order chi connectivity index (χ0) is 15.5. The average molecular weight is 297 g/mol. The Morgan fingerprint density at radius 3 is 2.67 bits per heavy atom. The number of benzene rings is 1. The van der Waals surface area contributed by atoms with Crippen molar-refractivity contribution in [2.45, 2.75) is 31.5 Å². The monoisotopic (exact) mass is 297 g/mol. The third-order valence-electron chi connectivity index (χ3n) is 3.31. The molecule has 0 saturated heterocycles. The molecular formula is C15H18F3N3. The lowest BCUT2D eigenvalue weighted by molar-refractivity contribution is -0.137. The molecule has 1 unspecified atom stereocenters. The lowest BCUT2D eigenvalue weighted by Gasteiger charge is -2.13. The molecule has 2 rings (SSSR count). The van der Waals surface area contributed by atoms with Crippen LogP contribution in [0.1, 0.15) is 23.1 Å². The molecule has 3 nitrogen and oxygen atoms in total. The summed E-state index contributed by atoms with van der Waals surface area (Å²) < 4.78 is 39.6. The first kappa shape index (κ1) is 15.6. The Balaban J connectivity index is 1.92. The fraction of sp³-hybridized carbons (Fsp3) is 0.400. The van der Waals surface area contributed by atoms with Gasteiger partial charge in [-0.25, -0.2) is 0 Å². The van der Waals surface area contributed by atoms with Gasteiger partial charge in [-0.3, -0.25) is 4.68 Å². The van der Waals surface area contributed by atoms with Crippen LogP contribution in [-0.4, -0.2) is 15.8 Å². The van der Waals surface area contributed by atoms with Gasteiger partial charge in [0.25, 0.3) is 0 Å². The minimum atomic E-state index is -4.31. The summed E-state index contributed by atoms with van der Waals surface area (Å²) in [5.41, 5.74) is 7.08. The van der Waals surface area contributed by atoms with Gasteiger partial charge < -0.3 is 5.73 Å². The highest BCUT2D eigenvalue weighted by Crippen LogP contribution is 2.29. The van der Waals surface area contributed by atoms with E-state index in [0.29, 0.717) is 18.4 Å². The minimum absolute atomic E-state index is 0.173. The van der Waals surface area contributed by atoms with Crippen molar-refractivity contribution in [2.24, 2.45) is 12.8 Å². The fourth-order valence-electron chi connectivity index (χ4n) is 2.23. The molecule has 21 heavy (non-hydrogen) atoms. The summed E-state index contributed by atoms with van der Waals surface area (Å²) in [6, 6.07) is 5.17. The third-order valence-corrected chi connectivity index (χ3v) is 3.31. The zero-order valence-corrected chi connectivity index (χ0v) is 11.8. The molecular weight excluding hydrogens is 279 g/mol. The van der Waals surface area contributed by atoms with Crippen molar-refractivity contribution < 1.29 is 13.2 Å². The molecule has 0 bridgehead atoms. The summed E-state index contributed by atoms with van der Waals surface area (Å²) in [4.78, 5) is 0. The molecule has 2 N–H and O–H groups in total. The van der Waals surface area contributed by atoms with Crippen molar-refractivity contribution in [3.63, 3.8) is 0 Å². The van der Waals surface area contributed by atoms with Crippen LogP contribution in [0.2, 0.25) is 0 Å². The molecule has 0 aliphatic rings. The molecule has 1 atom stereocenters. The number of halogens is 3. The highest BCUT2D eigenvalue weighted by atomic mass is 19.4. The Bertz CT molecular complexity index is 590. The molecule has 2 aromatic rings. The van der Waals surface area contributed by atoms with E-state index in [2.05, 4.69) is 5.10 Å². The molecule has 1 aromatic carbocycles. The lowest BCUT2D eigenvalue weighted by atomic mass is 9.99. The highest BCUT2D eigenvalue weighted by molar-refractivity contribution is 5.26. The molecule has 0 radical (unpaired) electrons. The van der Waals surface area contributed by atoms with E-state index in [1.807, 2.05) is 13.2 Å². The molecule has 0 aliphatic carbocycles. The van der Waals surface area contributed by atoms with Crippen molar-refractivity contribution in [3.05, 3.63) is 53.3 Å². The summed E-state index contributed by atoms with van der Waals surface area (Å²) in [5.74, 6) is 0. The van der Waals surface area contributed by atoms with Gasteiger partial charge in [-0.05, 0) is 36.5 Å². The predicted molar refractivity (Wildman–Crippen MR) is 74.7 cm³/mol. The maximum atomic E-state index is 12.6. The maximum absolute atomic E-state index is 12.6. The van der Waals surface area contributed by atoms with Gasteiger partial charge in [0.2, 0.25) is 0 Å². The molecule has 1 heterocycles. The first-order valence-corrected chi connectivity index (χ1v) is 6.74. The molecule has 1 aromatic heterocycles. The second-order valence-electron chi connectivity index (χ2n) is 5.22. The molecule has 0 fully saturated rings. The minimum Gasteiger partial charge on any atom is -0.327 e. The summed E-state index contributed by atoms with van der Waals surface area (Å²) >= 11 is 0. The molecule has 114 valence electrons. The standard InChI is InChI=1S/C15H18F3N3/c1-21-10-12(9-20-21)5-6-14(19)8-11-3-2-4-13(7-11)15(16,17)18/h2-4,7,9-10,14H,5-6,8,19H2,1H3. The third kappa shape index (κ3) is 4.60. The van der Waals surface area contributed by atoms with Gasteiger partial charge in [0.05, 0.1) is 11.8 Å². The maximum Gasteiger partial charge on any atom is 0.416 e. The number of aryl methyl sites for hydroxylation is 2. The summed E-state index contributed by atoms with van der Waals surface area (Å²) in [7, 11) is 1.84. The number of alkyl halides is 3. The van der Waals surface area contributed by atoms with Crippen molar-refractivity contribution in [1.29, 1.82) is 0 Å². The van der Waals surface area contributed by atoms with Crippen molar-refractivity contribution in [2.75, 3.05) is 0 Å². The average Bonchev–Trinajstić information content (AvgIpc) is 2.82. The quantitative estimate of drug-likeness (QED) is 0.922. The van der Waals surface area contributed by atoms with E-state index in [9.17, 15) is 13.2 Å². The van der Waals surface area contributed by atoms with E-state index in [0.717, 1.165) is 18.1 Å². The van der Waals surface area contributed by atoms with Crippen LogP contribution < -0.4 is 5.73 Å². The number of hydrogen-bond acceptors (Lipinski definition) is 2. The Morgan fingerprint density at radius 1 is 1.29 bits per heavy atom. The van der Waals surface area contributed by atoms with Gasteiger partial charge in [0.1, 0.15) is 0 Å². The second kappa shape index (κ2) is 6.30. The van der Waals surface area contributed by atoms with Crippen LogP contribution in [0, 0.1) is 0 Å². The Hall–Kier alpha value is -1.82. The Morgan fingerprint density at radius 2 is 2.05 bits per heavy atom. The second-order valence-corrected chi connectivity index (χ2v) is 5.22. The van der Waals surface area contributed by atoms with Gasteiger partial charge in [-0.15, -0.1) is 0 Å². The number of aromatic nitrogens is 2. The zero-order valence-electron chi connectivity index (χ0n) is 11.8. The van der Waals surface area contributed by atoms with Crippen LogP contribution in [-0.2, 0) is 26.1 Å². The van der Waals surface area contributed by atoms with Gasteiger partial charge in [-0.2, -0.15) is 18.3 Å². The largest absolute Gasteiger partial charge is 0.416 e. The predicted octanol–water partition coefficient (Wildman–Crippen LogP) is 2.94. The van der Waals surface area contributed by atoms with Crippen LogP contribution in [0.5, 0.6) is 0 Å². The topological polar surface area (TPSA) is 43.8 Å². The van der Waals surface area contributed by atoms with Gasteiger partial charge in [0.15, 0.2) is 0 Å². The Kier molecular flexibility index (Phi) is 4.67. The van der Waals surface area contributed by atoms with Crippen LogP contribution in [0.3, 0.4) is 0 Å². The van der Waals surface area contributed by atoms with Crippen LogP contribution in [0.15, 0.2) is 36.7 Å². The van der Waals surface area contributed by atoms with E-state index < -0.39 is 11.7 Å².